The molecule has 7 nitrogen and oxygen atoms in total. The molecule has 2 aromatic rings. The predicted molar refractivity (Wildman–Crippen MR) is 63.2 cm³/mol. The minimum atomic E-state index is -1.24. The lowest BCUT2D eigenvalue weighted by atomic mass is 10.2. The molecule has 0 aliphatic rings. The van der Waals surface area contributed by atoms with Gasteiger partial charge in [0, 0.05) is 18.0 Å². The van der Waals surface area contributed by atoms with Crippen molar-refractivity contribution < 1.29 is 15.0 Å². The lowest BCUT2D eigenvalue weighted by molar-refractivity contribution is 0.0694. The molecule has 0 saturated heterocycles. The first-order valence-corrected chi connectivity index (χ1v) is 4.95. The fourth-order valence-corrected chi connectivity index (χ4v) is 1.36. The number of aromatic amines is 1. The maximum absolute atomic E-state index is 11.0. The van der Waals surface area contributed by atoms with Crippen molar-refractivity contribution in [2.75, 3.05) is 5.32 Å². The Kier molecular flexibility index (Phi) is 2.96. The van der Waals surface area contributed by atoms with E-state index in [-0.39, 0.29) is 22.8 Å². The summed E-state index contributed by atoms with van der Waals surface area (Å²) in [6.07, 6.45) is 1.32. The molecule has 0 spiro atoms. The molecule has 4 N–H and O–H groups in total. The zero-order chi connectivity index (χ0) is 13.1. The van der Waals surface area contributed by atoms with Crippen LogP contribution in [0.2, 0.25) is 0 Å². The van der Waals surface area contributed by atoms with Crippen LogP contribution in [0.25, 0.3) is 0 Å². The number of phenols is 1. The third-order valence-corrected chi connectivity index (χ3v) is 2.16. The molecule has 7 heteroatoms. The van der Waals surface area contributed by atoms with Gasteiger partial charge in [0.2, 0.25) is 5.95 Å². The lowest BCUT2D eigenvalue weighted by Gasteiger charge is -2.06. The van der Waals surface area contributed by atoms with Gasteiger partial charge in [-0.3, -0.25) is 9.78 Å². The standard InChI is InChI=1S/C11H9N3O4/c15-8-2-1-6(5-7(8)10(17)18)13-11-12-4-3-9(16)14-11/h1-5,15H,(H,17,18)(H2,12,13,14,16). The van der Waals surface area contributed by atoms with Gasteiger partial charge in [0.05, 0.1) is 0 Å². The van der Waals surface area contributed by atoms with Crippen molar-refractivity contribution in [1.82, 2.24) is 9.97 Å². The van der Waals surface area contributed by atoms with E-state index in [0.717, 1.165) is 0 Å². The smallest absolute Gasteiger partial charge is 0.339 e. The molecule has 0 aliphatic heterocycles. The second-order valence-electron chi connectivity index (χ2n) is 3.44. The summed E-state index contributed by atoms with van der Waals surface area (Å²) in [6.45, 7) is 0. The Morgan fingerprint density at radius 3 is 2.78 bits per heavy atom. The summed E-state index contributed by atoms with van der Waals surface area (Å²) in [4.78, 5) is 28.1. The van der Waals surface area contributed by atoms with Crippen LogP contribution < -0.4 is 10.9 Å². The van der Waals surface area contributed by atoms with Crippen LogP contribution >= 0.6 is 0 Å². The number of hydrogen-bond acceptors (Lipinski definition) is 5. The van der Waals surface area contributed by atoms with E-state index in [1.54, 1.807) is 0 Å². The van der Waals surface area contributed by atoms with Gasteiger partial charge in [-0.05, 0) is 18.2 Å². The number of nitrogens with zero attached hydrogens (tertiary/aromatic N) is 1. The fraction of sp³-hybridized carbons (Fsp3) is 0. The maximum Gasteiger partial charge on any atom is 0.339 e. The highest BCUT2D eigenvalue weighted by atomic mass is 16.4. The summed E-state index contributed by atoms with van der Waals surface area (Å²) >= 11 is 0. The Morgan fingerprint density at radius 1 is 1.33 bits per heavy atom. The van der Waals surface area contributed by atoms with Crippen LogP contribution in [0.5, 0.6) is 5.75 Å². The topological polar surface area (TPSA) is 115 Å². The van der Waals surface area contributed by atoms with E-state index in [1.807, 2.05) is 0 Å². The van der Waals surface area contributed by atoms with Gasteiger partial charge < -0.3 is 15.5 Å². The van der Waals surface area contributed by atoms with Crippen LogP contribution in [0.4, 0.5) is 11.6 Å². The fourth-order valence-electron chi connectivity index (χ4n) is 1.36. The Balaban J connectivity index is 2.33. The Hall–Kier alpha value is -2.83. The summed E-state index contributed by atoms with van der Waals surface area (Å²) in [5.41, 5.74) is -0.178. The van der Waals surface area contributed by atoms with Gasteiger partial charge in [0.15, 0.2) is 0 Å². The summed E-state index contributed by atoms with van der Waals surface area (Å²) in [7, 11) is 0. The van der Waals surface area contributed by atoms with Gasteiger partial charge in [-0.2, -0.15) is 0 Å². The largest absolute Gasteiger partial charge is 0.507 e. The van der Waals surface area contributed by atoms with Gasteiger partial charge in [-0.25, -0.2) is 9.78 Å². The molecule has 0 radical (unpaired) electrons. The average Bonchev–Trinajstić information content (AvgIpc) is 2.31. The predicted octanol–water partition coefficient (Wildman–Crippen LogP) is 0.917. The van der Waals surface area contributed by atoms with Gasteiger partial charge in [-0.15, -0.1) is 0 Å². The van der Waals surface area contributed by atoms with Gasteiger partial charge in [0.1, 0.15) is 11.3 Å². The van der Waals surface area contributed by atoms with E-state index in [4.69, 9.17) is 5.11 Å². The zero-order valence-electron chi connectivity index (χ0n) is 9.04. The van der Waals surface area contributed by atoms with Crippen LogP contribution in [0.15, 0.2) is 35.3 Å². The summed E-state index contributed by atoms with van der Waals surface area (Å²) < 4.78 is 0. The number of carboxylic acids is 1. The molecule has 0 atom stereocenters. The SMILES string of the molecule is O=C(O)c1cc(Nc2nccc(=O)[nH]2)ccc1O. The van der Waals surface area contributed by atoms with Crippen LogP contribution in [0.3, 0.4) is 0 Å². The molecular weight excluding hydrogens is 238 g/mol. The Labute approximate surface area is 101 Å². The summed E-state index contributed by atoms with van der Waals surface area (Å²) in [5.74, 6) is -1.39. The third kappa shape index (κ3) is 2.46. The number of aromatic carboxylic acids is 1. The van der Waals surface area contributed by atoms with Crippen LogP contribution in [0, 0.1) is 0 Å². The number of anilines is 2. The molecule has 1 aromatic heterocycles. The number of carboxylic acid groups (broad SMARTS) is 1. The van der Waals surface area contributed by atoms with Crippen molar-refractivity contribution in [3.63, 3.8) is 0 Å². The maximum atomic E-state index is 11.0. The normalized spacial score (nSPS) is 10.0. The van der Waals surface area contributed by atoms with E-state index in [9.17, 15) is 14.7 Å². The summed E-state index contributed by atoms with van der Waals surface area (Å²) in [5, 5.41) is 20.9. The first kappa shape index (κ1) is 11.6. The molecule has 0 bridgehead atoms. The van der Waals surface area contributed by atoms with Crippen molar-refractivity contribution >= 4 is 17.6 Å². The minimum Gasteiger partial charge on any atom is -0.507 e. The number of benzene rings is 1. The Morgan fingerprint density at radius 2 is 2.11 bits per heavy atom. The molecule has 0 fully saturated rings. The molecule has 1 aromatic carbocycles. The monoisotopic (exact) mass is 247 g/mol. The van der Waals surface area contributed by atoms with E-state index in [1.165, 1.54) is 30.5 Å². The first-order chi connectivity index (χ1) is 8.56. The van der Waals surface area contributed by atoms with Crippen molar-refractivity contribution in [3.8, 4) is 5.75 Å². The number of hydrogen-bond donors (Lipinski definition) is 4. The van der Waals surface area contributed by atoms with E-state index >= 15 is 0 Å². The van der Waals surface area contributed by atoms with E-state index in [0.29, 0.717) is 5.69 Å². The molecule has 92 valence electrons. The number of rotatable bonds is 3. The second kappa shape index (κ2) is 4.58. The second-order valence-corrected chi connectivity index (χ2v) is 3.44. The number of carbonyl (C=O) groups is 1. The van der Waals surface area contributed by atoms with Crippen LogP contribution in [-0.2, 0) is 0 Å². The third-order valence-electron chi connectivity index (χ3n) is 2.16. The van der Waals surface area contributed by atoms with Crippen molar-refractivity contribution in [2.24, 2.45) is 0 Å². The lowest BCUT2D eigenvalue weighted by Crippen LogP contribution is -2.08. The molecule has 2 rings (SSSR count). The van der Waals surface area contributed by atoms with E-state index in [2.05, 4.69) is 15.3 Å². The highest BCUT2D eigenvalue weighted by Gasteiger charge is 2.10. The average molecular weight is 247 g/mol. The quantitative estimate of drug-likeness (QED) is 0.599. The first-order valence-electron chi connectivity index (χ1n) is 4.95. The number of aromatic nitrogens is 2. The number of aromatic hydroxyl groups is 1. The number of nitrogens with one attached hydrogen (secondary N) is 2. The zero-order valence-corrected chi connectivity index (χ0v) is 9.04. The molecule has 0 saturated carbocycles. The van der Waals surface area contributed by atoms with Crippen LogP contribution in [-0.4, -0.2) is 26.2 Å². The molecule has 0 aliphatic carbocycles. The van der Waals surface area contributed by atoms with E-state index < -0.39 is 5.97 Å². The van der Waals surface area contributed by atoms with Crippen molar-refractivity contribution in [3.05, 3.63) is 46.4 Å². The highest BCUT2D eigenvalue weighted by molar-refractivity contribution is 5.92. The van der Waals surface area contributed by atoms with Gasteiger partial charge in [-0.1, -0.05) is 0 Å². The molecule has 0 unspecified atom stereocenters. The molecular formula is C11H9N3O4. The van der Waals surface area contributed by atoms with Crippen LogP contribution in [0.1, 0.15) is 10.4 Å². The highest BCUT2D eigenvalue weighted by Crippen LogP contribution is 2.22. The minimum absolute atomic E-state index is 0.185. The summed E-state index contributed by atoms with van der Waals surface area (Å²) in [6, 6.07) is 5.21. The Bertz CT molecular complexity index is 651. The molecule has 1 heterocycles. The van der Waals surface area contributed by atoms with Gasteiger partial charge >= 0.3 is 5.97 Å². The molecule has 18 heavy (non-hydrogen) atoms. The van der Waals surface area contributed by atoms with Gasteiger partial charge in [0.25, 0.3) is 5.56 Å². The molecule has 0 amide bonds. The van der Waals surface area contributed by atoms with Crippen molar-refractivity contribution in [1.29, 1.82) is 0 Å². The number of H-pyrrole nitrogens is 1. The van der Waals surface area contributed by atoms with Crippen molar-refractivity contribution in [2.45, 2.75) is 0 Å².